The van der Waals surface area contributed by atoms with Gasteiger partial charge >= 0.3 is 0 Å². The highest BCUT2D eigenvalue weighted by atomic mass is 35.5. The molecule has 236 valence electrons. The molecular formula is C33H32Cl2FN3O5S. The maximum atomic E-state index is 14.4. The predicted octanol–water partition coefficient (Wildman–Crippen LogP) is 6.11. The minimum Gasteiger partial charge on any atom is -0.497 e. The van der Waals surface area contributed by atoms with Crippen LogP contribution in [0.15, 0.2) is 102 Å². The number of anilines is 1. The van der Waals surface area contributed by atoms with Crippen molar-refractivity contribution in [3.8, 4) is 5.75 Å². The van der Waals surface area contributed by atoms with Crippen molar-refractivity contribution in [2.75, 3.05) is 24.5 Å². The SMILES string of the molecule is CCNC(=O)[C@H](Cc1ccccc1)N(Cc1ccc(Cl)c(Cl)c1)C(=O)CN(c1ccc(F)cc1)S(=O)(=O)c1ccc(OC)cc1. The second-order valence-electron chi connectivity index (χ2n) is 10.0. The lowest BCUT2D eigenvalue weighted by atomic mass is 10.0. The molecule has 1 N–H and O–H groups in total. The van der Waals surface area contributed by atoms with E-state index in [1.807, 2.05) is 30.3 Å². The zero-order valence-corrected chi connectivity index (χ0v) is 26.9. The fraction of sp³-hybridized carbons (Fsp3) is 0.212. The lowest BCUT2D eigenvalue weighted by Crippen LogP contribution is -2.53. The normalized spacial score (nSPS) is 11.8. The topological polar surface area (TPSA) is 96.0 Å². The summed E-state index contributed by atoms with van der Waals surface area (Å²) in [6, 6.07) is 23.5. The first-order chi connectivity index (χ1) is 21.5. The first kappa shape index (κ1) is 33.8. The summed E-state index contributed by atoms with van der Waals surface area (Å²) in [6.45, 7) is 1.31. The van der Waals surface area contributed by atoms with Crippen LogP contribution in [0.3, 0.4) is 0 Å². The van der Waals surface area contributed by atoms with Crippen molar-refractivity contribution in [1.29, 1.82) is 0 Å². The highest BCUT2D eigenvalue weighted by molar-refractivity contribution is 7.92. The maximum absolute atomic E-state index is 14.4. The molecule has 12 heteroatoms. The molecule has 0 aliphatic carbocycles. The van der Waals surface area contributed by atoms with Gasteiger partial charge in [0.05, 0.1) is 27.7 Å². The molecule has 0 fully saturated rings. The van der Waals surface area contributed by atoms with Gasteiger partial charge in [-0.25, -0.2) is 12.8 Å². The van der Waals surface area contributed by atoms with Crippen LogP contribution in [0.4, 0.5) is 10.1 Å². The first-order valence-electron chi connectivity index (χ1n) is 14.0. The van der Waals surface area contributed by atoms with Gasteiger partial charge in [-0.15, -0.1) is 0 Å². The van der Waals surface area contributed by atoms with Crippen molar-refractivity contribution in [2.45, 2.75) is 30.8 Å². The van der Waals surface area contributed by atoms with Crippen LogP contribution >= 0.6 is 23.2 Å². The molecule has 0 aliphatic heterocycles. The molecule has 0 aromatic heterocycles. The maximum Gasteiger partial charge on any atom is 0.264 e. The molecule has 0 saturated heterocycles. The molecule has 1 atom stereocenters. The number of amides is 2. The van der Waals surface area contributed by atoms with Gasteiger partial charge in [0, 0.05) is 19.5 Å². The van der Waals surface area contributed by atoms with E-state index in [-0.39, 0.29) is 28.6 Å². The van der Waals surface area contributed by atoms with Crippen LogP contribution in [0.1, 0.15) is 18.1 Å². The molecule has 0 spiro atoms. The Hall–Kier alpha value is -4.12. The fourth-order valence-corrected chi connectivity index (χ4v) is 6.43. The van der Waals surface area contributed by atoms with Crippen molar-refractivity contribution in [3.63, 3.8) is 0 Å². The molecule has 4 aromatic carbocycles. The van der Waals surface area contributed by atoms with Crippen LogP contribution < -0.4 is 14.4 Å². The number of rotatable bonds is 13. The quantitative estimate of drug-likeness (QED) is 0.185. The number of likely N-dealkylation sites (N-methyl/N-ethyl adjacent to an activating group) is 1. The van der Waals surface area contributed by atoms with E-state index in [4.69, 9.17) is 27.9 Å². The Morgan fingerprint density at radius 2 is 1.56 bits per heavy atom. The van der Waals surface area contributed by atoms with Gasteiger partial charge in [0.25, 0.3) is 10.0 Å². The summed E-state index contributed by atoms with van der Waals surface area (Å²) < 4.78 is 48.0. The summed E-state index contributed by atoms with van der Waals surface area (Å²) >= 11 is 12.4. The predicted molar refractivity (Wildman–Crippen MR) is 174 cm³/mol. The van der Waals surface area contributed by atoms with Gasteiger partial charge in [-0.05, 0) is 78.7 Å². The van der Waals surface area contributed by atoms with Gasteiger partial charge in [-0.1, -0.05) is 59.6 Å². The van der Waals surface area contributed by atoms with E-state index >= 15 is 0 Å². The number of hydrogen-bond donors (Lipinski definition) is 1. The zero-order chi connectivity index (χ0) is 32.6. The van der Waals surface area contributed by atoms with Gasteiger partial charge < -0.3 is 15.0 Å². The molecule has 0 aliphatic rings. The summed E-state index contributed by atoms with van der Waals surface area (Å²) in [5, 5.41) is 3.37. The molecule has 2 amide bonds. The minimum absolute atomic E-state index is 0.0627. The van der Waals surface area contributed by atoms with Gasteiger partial charge in [-0.3, -0.25) is 13.9 Å². The average Bonchev–Trinajstić information content (AvgIpc) is 3.04. The summed E-state index contributed by atoms with van der Waals surface area (Å²) in [6.07, 6.45) is 0.154. The van der Waals surface area contributed by atoms with Gasteiger partial charge in [0.15, 0.2) is 0 Å². The molecule has 0 radical (unpaired) electrons. The minimum atomic E-state index is -4.35. The number of nitrogens with zero attached hydrogens (tertiary/aromatic N) is 2. The van der Waals surface area contributed by atoms with E-state index in [0.717, 1.165) is 22.0 Å². The highest BCUT2D eigenvalue weighted by Gasteiger charge is 2.34. The zero-order valence-electron chi connectivity index (χ0n) is 24.6. The number of halogens is 3. The fourth-order valence-electron chi connectivity index (χ4n) is 4.69. The van der Waals surface area contributed by atoms with Crippen molar-refractivity contribution < 1.29 is 27.1 Å². The summed E-state index contributed by atoms with van der Waals surface area (Å²) in [4.78, 5) is 29.1. The Morgan fingerprint density at radius 3 is 2.16 bits per heavy atom. The molecular weight excluding hydrogens is 640 g/mol. The highest BCUT2D eigenvalue weighted by Crippen LogP contribution is 2.28. The molecule has 45 heavy (non-hydrogen) atoms. The molecule has 0 bridgehead atoms. The Bertz CT molecular complexity index is 1720. The van der Waals surface area contributed by atoms with Crippen LogP contribution in [0, 0.1) is 5.82 Å². The van der Waals surface area contributed by atoms with Crippen LogP contribution in [-0.2, 0) is 32.6 Å². The van der Waals surface area contributed by atoms with E-state index < -0.39 is 40.2 Å². The third-order valence-electron chi connectivity index (χ3n) is 7.00. The molecule has 4 rings (SSSR count). The van der Waals surface area contributed by atoms with E-state index in [1.54, 1.807) is 25.1 Å². The second-order valence-corrected chi connectivity index (χ2v) is 12.7. The van der Waals surface area contributed by atoms with Crippen LogP contribution in [0.2, 0.25) is 10.0 Å². The van der Waals surface area contributed by atoms with E-state index in [9.17, 15) is 22.4 Å². The number of carbonyl (C=O) groups is 2. The number of methoxy groups -OCH3 is 1. The summed E-state index contributed by atoms with van der Waals surface area (Å²) in [7, 11) is -2.90. The summed E-state index contributed by atoms with van der Waals surface area (Å²) in [5.74, 6) is -1.22. The molecule has 4 aromatic rings. The van der Waals surface area contributed by atoms with Gasteiger partial charge in [0.1, 0.15) is 24.2 Å². The average molecular weight is 673 g/mol. The van der Waals surface area contributed by atoms with Crippen LogP contribution in [0.5, 0.6) is 5.75 Å². The Morgan fingerprint density at radius 1 is 0.889 bits per heavy atom. The van der Waals surface area contributed by atoms with Crippen molar-refractivity contribution in [1.82, 2.24) is 10.2 Å². The first-order valence-corrected chi connectivity index (χ1v) is 16.2. The summed E-state index contributed by atoms with van der Waals surface area (Å²) in [5.41, 5.74) is 1.43. The van der Waals surface area contributed by atoms with Crippen molar-refractivity contribution in [2.24, 2.45) is 0 Å². The Kier molecular flexibility index (Phi) is 11.4. The lowest BCUT2D eigenvalue weighted by Gasteiger charge is -2.34. The standard InChI is InChI=1S/C33H32Cl2FN3O5S/c1-3-37-33(41)31(20-23-7-5-4-6-8-23)38(21-24-9-18-29(34)30(35)19-24)32(40)22-39(26-12-10-25(36)11-13-26)45(42,43)28-16-14-27(44-2)15-17-28/h4-19,31H,3,20-22H2,1-2H3,(H,37,41)/t31-/m0/s1. The van der Waals surface area contributed by atoms with E-state index in [1.165, 1.54) is 48.4 Å². The monoisotopic (exact) mass is 671 g/mol. The van der Waals surface area contributed by atoms with Crippen LogP contribution in [-0.4, -0.2) is 51.4 Å². The van der Waals surface area contributed by atoms with E-state index in [2.05, 4.69) is 5.32 Å². The number of benzene rings is 4. The molecule has 0 unspecified atom stereocenters. The van der Waals surface area contributed by atoms with Crippen molar-refractivity contribution >= 4 is 50.7 Å². The second kappa shape index (κ2) is 15.2. The third-order valence-corrected chi connectivity index (χ3v) is 9.53. The number of nitrogens with one attached hydrogen (secondary N) is 1. The van der Waals surface area contributed by atoms with Crippen molar-refractivity contribution in [3.05, 3.63) is 124 Å². The smallest absolute Gasteiger partial charge is 0.264 e. The third kappa shape index (κ3) is 8.54. The molecule has 0 saturated carbocycles. The molecule has 8 nitrogen and oxygen atoms in total. The lowest BCUT2D eigenvalue weighted by molar-refractivity contribution is -0.140. The number of ether oxygens (including phenoxy) is 1. The van der Waals surface area contributed by atoms with Crippen LogP contribution in [0.25, 0.3) is 0 Å². The largest absolute Gasteiger partial charge is 0.497 e. The van der Waals surface area contributed by atoms with Gasteiger partial charge in [-0.2, -0.15) is 0 Å². The van der Waals surface area contributed by atoms with Gasteiger partial charge in [0.2, 0.25) is 11.8 Å². The molecule has 0 heterocycles. The Balaban J connectivity index is 1.80. The number of carbonyl (C=O) groups excluding carboxylic acids is 2. The number of hydrogen-bond acceptors (Lipinski definition) is 5. The van der Waals surface area contributed by atoms with E-state index in [0.29, 0.717) is 22.9 Å². The number of sulfonamides is 1. The Labute approximate surface area is 272 Å².